The molecule has 0 aromatic heterocycles. The van der Waals surface area contributed by atoms with Crippen LogP contribution in [0.3, 0.4) is 0 Å². The minimum Gasteiger partial charge on any atom is -0.382 e. The molecule has 0 aromatic carbocycles. The van der Waals surface area contributed by atoms with E-state index in [4.69, 9.17) is 9.47 Å². The molecule has 0 aromatic rings. The maximum absolute atomic E-state index is 5.74. The van der Waals surface area contributed by atoms with Gasteiger partial charge < -0.3 is 19.7 Å². The summed E-state index contributed by atoms with van der Waals surface area (Å²) in [6, 6.07) is 0. The number of methoxy groups -OCH3 is 1. The number of rotatable bonds is 8. The fourth-order valence-corrected chi connectivity index (χ4v) is 5.71. The zero-order chi connectivity index (χ0) is 19.0. The minimum atomic E-state index is 0.347. The standard InChI is InChI=1S/C20H38N4O2S/c1-21-19(23-8-5-18(15-23)16-26-12-11-25-2)22-17-20(6-3-4-7-20)24-9-13-27-14-10-24/h18H,3-17H2,1-2H3,(H,21,22). The number of aliphatic imine (C=N–C) groups is 1. The van der Waals surface area contributed by atoms with E-state index in [1.54, 1.807) is 7.11 Å². The molecule has 0 bridgehead atoms. The average Bonchev–Trinajstić information content (AvgIpc) is 3.37. The Morgan fingerprint density at radius 2 is 1.96 bits per heavy atom. The highest BCUT2D eigenvalue weighted by Crippen LogP contribution is 2.36. The van der Waals surface area contributed by atoms with Crippen molar-refractivity contribution in [2.45, 2.75) is 37.6 Å². The van der Waals surface area contributed by atoms with E-state index in [-0.39, 0.29) is 0 Å². The van der Waals surface area contributed by atoms with Crippen molar-refractivity contribution in [3.63, 3.8) is 0 Å². The van der Waals surface area contributed by atoms with Crippen LogP contribution in [0.1, 0.15) is 32.1 Å². The number of guanidine groups is 1. The molecule has 1 saturated carbocycles. The lowest BCUT2D eigenvalue weighted by Gasteiger charge is -2.44. The first-order chi connectivity index (χ1) is 13.3. The second kappa shape index (κ2) is 10.9. The van der Waals surface area contributed by atoms with Gasteiger partial charge in [-0.2, -0.15) is 11.8 Å². The zero-order valence-corrected chi connectivity index (χ0v) is 18.1. The third-order valence-corrected chi connectivity index (χ3v) is 7.32. The van der Waals surface area contributed by atoms with Crippen LogP contribution in [0.2, 0.25) is 0 Å². The molecular weight excluding hydrogens is 360 g/mol. The first kappa shape index (κ1) is 21.2. The SMILES string of the molecule is CN=C(NCC1(N2CCSCC2)CCCC1)N1CCC(COCCOC)C1. The van der Waals surface area contributed by atoms with Crippen LogP contribution in [-0.4, -0.2) is 99.5 Å². The van der Waals surface area contributed by atoms with Gasteiger partial charge in [0.05, 0.1) is 19.8 Å². The summed E-state index contributed by atoms with van der Waals surface area (Å²) in [6.07, 6.45) is 6.58. The Bertz CT molecular complexity index is 465. The quantitative estimate of drug-likeness (QED) is 0.383. The van der Waals surface area contributed by atoms with Gasteiger partial charge in [-0.1, -0.05) is 12.8 Å². The highest BCUT2D eigenvalue weighted by Gasteiger charge is 2.40. The van der Waals surface area contributed by atoms with Crippen molar-refractivity contribution in [1.29, 1.82) is 0 Å². The molecule has 3 rings (SSSR count). The zero-order valence-electron chi connectivity index (χ0n) is 17.3. The Balaban J connectivity index is 1.48. The van der Waals surface area contributed by atoms with Gasteiger partial charge in [0.1, 0.15) is 0 Å². The van der Waals surface area contributed by atoms with E-state index >= 15 is 0 Å². The lowest BCUT2D eigenvalue weighted by molar-refractivity contribution is 0.0536. The van der Waals surface area contributed by atoms with Crippen molar-refractivity contribution in [3.8, 4) is 0 Å². The van der Waals surface area contributed by atoms with Gasteiger partial charge >= 0.3 is 0 Å². The van der Waals surface area contributed by atoms with E-state index in [2.05, 4.69) is 31.9 Å². The molecule has 1 atom stereocenters. The summed E-state index contributed by atoms with van der Waals surface area (Å²) in [5.74, 6) is 4.24. The molecule has 0 spiro atoms. The normalized spacial score (nSPS) is 26.7. The number of ether oxygens (including phenoxy) is 2. The van der Waals surface area contributed by atoms with E-state index in [1.807, 2.05) is 7.05 Å². The number of nitrogens with one attached hydrogen (secondary N) is 1. The van der Waals surface area contributed by atoms with Gasteiger partial charge in [0.25, 0.3) is 0 Å². The molecule has 2 aliphatic heterocycles. The lowest BCUT2D eigenvalue weighted by atomic mass is 9.94. The van der Waals surface area contributed by atoms with Gasteiger partial charge in [0.15, 0.2) is 5.96 Å². The predicted octanol–water partition coefficient (Wildman–Crippen LogP) is 1.91. The summed E-state index contributed by atoms with van der Waals surface area (Å²) in [6.45, 7) is 7.84. The highest BCUT2D eigenvalue weighted by molar-refractivity contribution is 7.99. The van der Waals surface area contributed by atoms with Crippen molar-refractivity contribution >= 4 is 17.7 Å². The van der Waals surface area contributed by atoms with E-state index in [0.29, 0.717) is 24.7 Å². The van der Waals surface area contributed by atoms with Crippen LogP contribution in [0.4, 0.5) is 0 Å². The first-order valence-corrected chi connectivity index (χ1v) is 11.8. The van der Waals surface area contributed by atoms with Gasteiger partial charge in [0, 0.05) is 69.8 Å². The molecule has 7 heteroatoms. The molecule has 1 N–H and O–H groups in total. The Morgan fingerprint density at radius 3 is 2.67 bits per heavy atom. The van der Waals surface area contributed by atoms with Gasteiger partial charge in [-0.15, -0.1) is 0 Å². The molecule has 1 unspecified atom stereocenters. The summed E-state index contributed by atoms with van der Waals surface area (Å²) < 4.78 is 10.8. The van der Waals surface area contributed by atoms with Crippen LogP contribution in [-0.2, 0) is 9.47 Å². The fourth-order valence-electron chi connectivity index (χ4n) is 4.80. The largest absolute Gasteiger partial charge is 0.382 e. The Hall–Kier alpha value is -0.500. The predicted molar refractivity (Wildman–Crippen MR) is 114 cm³/mol. The van der Waals surface area contributed by atoms with Crippen molar-refractivity contribution in [1.82, 2.24) is 15.1 Å². The number of hydrogen-bond acceptors (Lipinski definition) is 5. The second-order valence-corrected chi connectivity index (χ2v) is 9.32. The molecule has 0 radical (unpaired) electrons. The Kier molecular flexibility index (Phi) is 8.55. The number of nitrogens with zero attached hydrogens (tertiary/aromatic N) is 3. The summed E-state index contributed by atoms with van der Waals surface area (Å²) in [5, 5.41) is 3.76. The molecule has 3 aliphatic rings. The fraction of sp³-hybridized carbons (Fsp3) is 0.950. The smallest absolute Gasteiger partial charge is 0.193 e. The molecule has 2 saturated heterocycles. The van der Waals surface area contributed by atoms with Crippen molar-refractivity contribution < 1.29 is 9.47 Å². The molecule has 3 fully saturated rings. The van der Waals surface area contributed by atoms with Gasteiger partial charge in [-0.05, 0) is 19.3 Å². The molecule has 27 heavy (non-hydrogen) atoms. The van der Waals surface area contributed by atoms with Gasteiger partial charge in [-0.25, -0.2) is 0 Å². The highest BCUT2D eigenvalue weighted by atomic mass is 32.2. The third-order valence-electron chi connectivity index (χ3n) is 6.37. The molecule has 6 nitrogen and oxygen atoms in total. The minimum absolute atomic E-state index is 0.347. The molecule has 2 heterocycles. The van der Waals surface area contributed by atoms with E-state index in [0.717, 1.165) is 32.2 Å². The molecular formula is C20H38N4O2S. The maximum Gasteiger partial charge on any atom is 0.193 e. The van der Waals surface area contributed by atoms with Crippen LogP contribution in [0.15, 0.2) is 4.99 Å². The monoisotopic (exact) mass is 398 g/mol. The maximum atomic E-state index is 5.74. The van der Waals surface area contributed by atoms with E-state index in [9.17, 15) is 0 Å². The van der Waals surface area contributed by atoms with Crippen LogP contribution in [0.5, 0.6) is 0 Å². The molecule has 0 amide bonds. The number of likely N-dealkylation sites (tertiary alicyclic amines) is 1. The van der Waals surface area contributed by atoms with Gasteiger partial charge in [0.2, 0.25) is 0 Å². The van der Waals surface area contributed by atoms with E-state index in [1.165, 1.54) is 56.7 Å². The molecule has 1 aliphatic carbocycles. The summed E-state index contributed by atoms with van der Waals surface area (Å²) in [4.78, 5) is 9.79. The van der Waals surface area contributed by atoms with Crippen molar-refractivity contribution in [2.75, 3.05) is 78.2 Å². The Morgan fingerprint density at radius 1 is 1.19 bits per heavy atom. The van der Waals surface area contributed by atoms with Gasteiger partial charge in [-0.3, -0.25) is 9.89 Å². The second-order valence-electron chi connectivity index (χ2n) is 8.10. The third kappa shape index (κ3) is 5.75. The summed E-state index contributed by atoms with van der Waals surface area (Å²) >= 11 is 2.10. The summed E-state index contributed by atoms with van der Waals surface area (Å²) in [7, 11) is 3.64. The van der Waals surface area contributed by atoms with Crippen molar-refractivity contribution in [3.05, 3.63) is 0 Å². The topological polar surface area (TPSA) is 49.3 Å². The number of hydrogen-bond donors (Lipinski definition) is 1. The first-order valence-electron chi connectivity index (χ1n) is 10.6. The van der Waals surface area contributed by atoms with Crippen LogP contribution in [0.25, 0.3) is 0 Å². The van der Waals surface area contributed by atoms with Crippen LogP contribution in [0, 0.1) is 5.92 Å². The van der Waals surface area contributed by atoms with Crippen LogP contribution >= 0.6 is 11.8 Å². The van der Waals surface area contributed by atoms with Crippen LogP contribution < -0.4 is 5.32 Å². The average molecular weight is 399 g/mol. The van der Waals surface area contributed by atoms with E-state index < -0.39 is 0 Å². The molecule has 156 valence electrons. The number of thioether (sulfide) groups is 1. The Labute approximate surface area is 169 Å². The summed E-state index contributed by atoms with van der Waals surface area (Å²) in [5.41, 5.74) is 0.347. The lowest BCUT2D eigenvalue weighted by Crippen LogP contribution is -2.57. The van der Waals surface area contributed by atoms with Crippen molar-refractivity contribution in [2.24, 2.45) is 10.9 Å².